The number of aromatic nitrogens is 3. The van der Waals surface area contributed by atoms with E-state index in [0.717, 1.165) is 0 Å². The number of ether oxygens (including phenoxy) is 1. The average Bonchev–Trinajstić information content (AvgIpc) is 3.17. The van der Waals surface area contributed by atoms with Crippen molar-refractivity contribution in [2.75, 3.05) is 12.4 Å². The van der Waals surface area contributed by atoms with E-state index in [1.807, 2.05) is 0 Å². The molecule has 1 amide bonds. The molecule has 156 valence electrons. The molecule has 7 nitrogen and oxygen atoms in total. The molecule has 0 aliphatic rings. The van der Waals surface area contributed by atoms with Crippen LogP contribution in [-0.4, -0.2) is 33.1 Å². The van der Waals surface area contributed by atoms with E-state index >= 15 is 0 Å². The van der Waals surface area contributed by atoms with E-state index in [9.17, 15) is 9.18 Å². The van der Waals surface area contributed by atoms with Gasteiger partial charge in [0.25, 0.3) is 5.91 Å². The van der Waals surface area contributed by atoms with Crippen LogP contribution in [0.2, 0.25) is 5.02 Å². The molecule has 0 aliphatic carbocycles. The Morgan fingerprint density at radius 2 is 1.87 bits per heavy atom. The maximum Gasteiger partial charge on any atom is 0.260 e. The maximum absolute atomic E-state index is 13.7. The van der Waals surface area contributed by atoms with Crippen LogP contribution in [0.15, 0.2) is 60.7 Å². The van der Waals surface area contributed by atoms with Gasteiger partial charge in [0.15, 0.2) is 5.11 Å². The Morgan fingerprint density at radius 1 is 1.10 bits per heavy atom. The number of hydrogen-bond acceptors (Lipinski definition) is 5. The Morgan fingerprint density at radius 3 is 2.61 bits per heavy atom. The van der Waals surface area contributed by atoms with Gasteiger partial charge in [-0.2, -0.15) is 4.80 Å². The Balaban J connectivity index is 1.50. The third kappa shape index (κ3) is 4.47. The van der Waals surface area contributed by atoms with E-state index in [4.69, 9.17) is 28.6 Å². The van der Waals surface area contributed by atoms with Crippen molar-refractivity contribution in [3.63, 3.8) is 0 Å². The van der Waals surface area contributed by atoms with Crippen LogP contribution >= 0.6 is 23.8 Å². The molecule has 0 saturated carbocycles. The lowest BCUT2D eigenvalue weighted by Gasteiger charge is -2.09. The number of carbonyl (C=O) groups is 1. The number of methoxy groups -OCH3 is 1. The fourth-order valence-corrected chi connectivity index (χ4v) is 3.33. The van der Waals surface area contributed by atoms with E-state index in [1.54, 1.807) is 49.6 Å². The molecule has 0 aliphatic heterocycles. The summed E-state index contributed by atoms with van der Waals surface area (Å²) in [7, 11) is 1.54. The summed E-state index contributed by atoms with van der Waals surface area (Å²) >= 11 is 11.3. The highest BCUT2D eigenvalue weighted by Crippen LogP contribution is 2.26. The van der Waals surface area contributed by atoms with Crippen LogP contribution in [-0.2, 0) is 0 Å². The average molecular weight is 456 g/mol. The molecule has 1 aromatic heterocycles. The van der Waals surface area contributed by atoms with Gasteiger partial charge in [-0.05, 0) is 60.7 Å². The van der Waals surface area contributed by atoms with Crippen LogP contribution in [0.25, 0.3) is 16.7 Å². The van der Waals surface area contributed by atoms with Gasteiger partial charge in [0, 0.05) is 5.69 Å². The maximum atomic E-state index is 13.7. The molecule has 0 unspecified atom stereocenters. The Labute approximate surface area is 186 Å². The highest BCUT2D eigenvalue weighted by atomic mass is 35.5. The number of thiocarbonyl (C=S) groups is 1. The molecule has 0 fully saturated rings. The van der Waals surface area contributed by atoms with Crippen LogP contribution in [0.4, 0.5) is 10.1 Å². The van der Waals surface area contributed by atoms with Gasteiger partial charge in [-0.15, -0.1) is 10.2 Å². The second-order valence-electron chi connectivity index (χ2n) is 6.40. The lowest BCUT2D eigenvalue weighted by molar-refractivity contribution is 0.0974. The monoisotopic (exact) mass is 455 g/mol. The lowest BCUT2D eigenvalue weighted by Crippen LogP contribution is -2.34. The van der Waals surface area contributed by atoms with Crippen molar-refractivity contribution in [3.05, 3.63) is 77.1 Å². The van der Waals surface area contributed by atoms with Gasteiger partial charge >= 0.3 is 0 Å². The van der Waals surface area contributed by atoms with Crippen molar-refractivity contribution in [2.24, 2.45) is 0 Å². The second-order valence-corrected chi connectivity index (χ2v) is 7.22. The minimum Gasteiger partial charge on any atom is -0.495 e. The molecule has 2 N–H and O–H groups in total. The van der Waals surface area contributed by atoms with E-state index < -0.39 is 11.7 Å². The zero-order chi connectivity index (χ0) is 22.0. The molecule has 31 heavy (non-hydrogen) atoms. The van der Waals surface area contributed by atoms with Crippen molar-refractivity contribution in [1.82, 2.24) is 20.3 Å². The lowest BCUT2D eigenvalue weighted by atomic mass is 10.2. The summed E-state index contributed by atoms with van der Waals surface area (Å²) in [6.45, 7) is 0. The van der Waals surface area contributed by atoms with Crippen LogP contribution in [0.5, 0.6) is 5.75 Å². The number of benzene rings is 3. The quantitative estimate of drug-likeness (QED) is 0.445. The summed E-state index contributed by atoms with van der Waals surface area (Å²) in [6.07, 6.45) is 0. The largest absolute Gasteiger partial charge is 0.495 e. The van der Waals surface area contributed by atoms with Gasteiger partial charge in [0.1, 0.15) is 22.6 Å². The van der Waals surface area contributed by atoms with Gasteiger partial charge in [-0.1, -0.05) is 23.7 Å². The van der Waals surface area contributed by atoms with Crippen molar-refractivity contribution in [2.45, 2.75) is 0 Å². The molecule has 0 bridgehead atoms. The number of amides is 1. The molecule has 4 rings (SSSR count). The molecule has 4 aromatic rings. The first-order valence-corrected chi connectivity index (χ1v) is 9.81. The zero-order valence-corrected chi connectivity index (χ0v) is 17.7. The summed E-state index contributed by atoms with van der Waals surface area (Å²) in [6, 6.07) is 16.1. The van der Waals surface area contributed by atoms with Crippen molar-refractivity contribution >= 4 is 51.6 Å². The number of hydrogen-bond donors (Lipinski definition) is 2. The van der Waals surface area contributed by atoms with Crippen LogP contribution in [0, 0.1) is 5.82 Å². The minimum absolute atomic E-state index is 0.0296. The Kier molecular flexibility index (Phi) is 5.79. The number of carbonyl (C=O) groups excluding carboxylic acids is 1. The van der Waals surface area contributed by atoms with Gasteiger partial charge in [-0.25, -0.2) is 4.39 Å². The smallest absolute Gasteiger partial charge is 0.260 e. The van der Waals surface area contributed by atoms with Gasteiger partial charge in [-0.3, -0.25) is 10.1 Å². The summed E-state index contributed by atoms with van der Waals surface area (Å²) in [4.78, 5) is 13.6. The number of nitrogens with zero attached hydrogens (tertiary/aromatic N) is 3. The van der Waals surface area contributed by atoms with Crippen LogP contribution in [0.3, 0.4) is 0 Å². The SMILES string of the molecule is COc1ccc(-n2nc3ccc(NC(=S)NC(=O)c4ccccc4F)cc3n2)cc1Cl. The minimum atomic E-state index is -0.640. The molecular weight excluding hydrogens is 441 g/mol. The summed E-state index contributed by atoms with van der Waals surface area (Å²) < 4.78 is 18.9. The van der Waals surface area contributed by atoms with E-state index in [-0.39, 0.29) is 10.7 Å². The van der Waals surface area contributed by atoms with Gasteiger partial charge < -0.3 is 10.1 Å². The first kappa shape index (κ1) is 20.7. The number of rotatable bonds is 4. The summed E-state index contributed by atoms with van der Waals surface area (Å²) in [5, 5.41) is 14.7. The molecule has 0 saturated heterocycles. The predicted molar refractivity (Wildman–Crippen MR) is 121 cm³/mol. The van der Waals surface area contributed by atoms with Crippen molar-refractivity contribution in [1.29, 1.82) is 0 Å². The fraction of sp³-hybridized carbons (Fsp3) is 0.0476. The van der Waals surface area contributed by atoms with E-state index in [0.29, 0.717) is 33.2 Å². The third-order valence-electron chi connectivity index (χ3n) is 4.35. The number of anilines is 1. The molecule has 0 atom stereocenters. The second kappa shape index (κ2) is 8.66. The highest BCUT2D eigenvalue weighted by molar-refractivity contribution is 7.80. The topological polar surface area (TPSA) is 81.1 Å². The first-order valence-electron chi connectivity index (χ1n) is 9.02. The highest BCUT2D eigenvalue weighted by Gasteiger charge is 2.13. The molecule has 0 radical (unpaired) electrons. The fourth-order valence-electron chi connectivity index (χ4n) is 2.87. The standard InChI is InChI=1S/C21H15ClFN5O2S/c1-30-19-9-7-13(11-15(19)22)28-26-17-8-6-12(10-18(17)27-28)24-21(31)25-20(29)14-4-2-3-5-16(14)23/h2-11H,1H3,(H2,24,25,29,31). The number of nitrogens with one attached hydrogen (secondary N) is 2. The van der Waals surface area contributed by atoms with Gasteiger partial charge in [0.2, 0.25) is 0 Å². The number of fused-ring (bicyclic) bond motifs is 1. The van der Waals surface area contributed by atoms with Crippen molar-refractivity contribution in [3.8, 4) is 11.4 Å². The molecule has 0 spiro atoms. The molecular formula is C21H15ClFN5O2S. The molecule has 3 aromatic carbocycles. The summed E-state index contributed by atoms with van der Waals surface area (Å²) in [5.41, 5.74) is 2.41. The zero-order valence-electron chi connectivity index (χ0n) is 16.1. The predicted octanol–water partition coefficient (Wildman–Crippen LogP) is 4.35. The van der Waals surface area contributed by atoms with Crippen LogP contribution in [0.1, 0.15) is 10.4 Å². The molecule has 10 heteroatoms. The first-order chi connectivity index (χ1) is 14.9. The summed E-state index contributed by atoms with van der Waals surface area (Å²) in [5.74, 6) is -0.710. The van der Waals surface area contributed by atoms with E-state index in [1.165, 1.54) is 23.0 Å². The molecule has 1 heterocycles. The normalized spacial score (nSPS) is 10.7. The van der Waals surface area contributed by atoms with Gasteiger partial charge in [0.05, 0.1) is 23.4 Å². The Hall–Kier alpha value is -3.56. The van der Waals surface area contributed by atoms with Crippen molar-refractivity contribution < 1.29 is 13.9 Å². The van der Waals surface area contributed by atoms with Crippen LogP contribution < -0.4 is 15.4 Å². The van der Waals surface area contributed by atoms with E-state index in [2.05, 4.69) is 20.8 Å². The number of halogens is 2. The third-order valence-corrected chi connectivity index (χ3v) is 4.85. The Bertz CT molecular complexity index is 1310.